The fourth-order valence-corrected chi connectivity index (χ4v) is 11.6. The summed E-state index contributed by atoms with van der Waals surface area (Å²) in [6.45, 7) is 5.31. The van der Waals surface area contributed by atoms with Gasteiger partial charge in [-0.25, -0.2) is 0 Å². The third-order valence-corrected chi connectivity index (χ3v) is 14.8. The van der Waals surface area contributed by atoms with Crippen molar-refractivity contribution in [2.24, 2.45) is 34.5 Å². The topological polar surface area (TPSA) is 258 Å². The molecule has 310 valence electrons. The van der Waals surface area contributed by atoms with Gasteiger partial charge in [-0.2, -0.15) is 0 Å². The number of aliphatic hydroxyl groups excluding tert-OH is 10. The molecule has 3 aliphatic heterocycles. The first-order valence-electron chi connectivity index (χ1n) is 19.9. The van der Waals surface area contributed by atoms with Crippen LogP contribution in [0.25, 0.3) is 0 Å². The first-order valence-corrected chi connectivity index (χ1v) is 19.9. The summed E-state index contributed by atoms with van der Waals surface area (Å²) in [6.07, 6.45) is -10.6. The maximum Gasteiger partial charge on any atom is 0.187 e. The molecule has 0 amide bonds. The first kappa shape index (κ1) is 41.3. The summed E-state index contributed by atoms with van der Waals surface area (Å²) in [6, 6.07) is 0. The van der Waals surface area contributed by atoms with E-state index in [9.17, 15) is 51.1 Å². The van der Waals surface area contributed by atoms with E-state index in [4.69, 9.17) is 28.4 Å². The second-order valence-electron chi connectivity index (χ2n) is 17.6. The standard InChI is InChI=1S/C38H62O16/c1-16(50-36-33(30(46)28(44)25(14-40)53-36)54-35-32(48)29(45)27(43)24(13-39)52-35)20-6-7-21-19-5-4-17-12-18(51-34-31(47)26(42)23(41)15-49-34)8-10-37(17,2)22(19)9-11-38(20,21)3/h4,16,18-36,39-48H,5-15H2,1-3H3. The molecule has 54 heavy (non-hydrogen) atoms. The predicted octanol–water partition coefficient (Wildman–Crippen LogP) is -1.58. The Balaban J connectivity index is 1.03. The van der Waals surface area contributed by atoms with Gasteiger partial charge in [0.05, 0.1) is 32.0 Å². The van der Waals surface area contributed by atoms with Crippen LogP contribution >= 0.6 is 0 Å². The van der Waals surface area contributed by atoms with E-state index in [0.29, 0.717) is 17.8 Å². The maximum atomic E-state index is 11.2. The van der Waals surface area contributed by atoms with Gasteiger partial charge in [0.15, 0.2) is 18.9 Å². The van der Waals surface area contributed by atoms with Crippen LogP contribution in [0.1, 0.15) is 72.1 Å². The molecule has 0 bridgehead atoms. The van der Waals surface area contributed by atoms with Gasteiger partial charge in [0.1, 0.15) is 67.1 Å². The zero-order valence-electron chi connectivity index (χ0n) is 31.3. The average Bonchev–Trinajstić information content (AvgIpc) is 3.52. The van der Waals surface area contributed by atoms with E-state index < -0.39 is 105 Å². The summed E-state index contributed by atoms with van der Waals surface area (Å²) in [5.74, 6) is 1.49. The van der Waals surface area contributed by atoms with Gasteiger partial charge in [-0.05, 0) is 92.8 Å². The van der Waals surface area contributed by atoms with Crippen LogP contribution in [0.15, 0.2) is 11.6 Å². The molecule has 7 aliphatic rings. The summed E-state index contributed by atoms with van der Waals surface area (Å²) in [5.41, 5.74) is 1.31. The molecular formula is C38H62O16. The fraction of sp³-hybridized carbons (Fsp3) is 0.947. The van der Waals surface area contributed by atoms with Gasteiger partial charge in [0.25, 0.3) is 0 Å². The van der Waals surface area contributed by atoms with Crippen LogP contribution in [-0.2, 0) is 28.4 Å². The Bertz CT molecular complexity index is 1320. The molecule has 3 heterocycles. The van der Waals surface area contributed by atoms with Crippen molar-refractivity contribution in [2.45, 2.75) is 170 Å². The minimum Gasteiger partial charge on any atom is -0.394 e. The van der Waals surface area contributed by atoms with E-state index in [1.165, 1.54) is 5.57 Å². The van der Waals surface area contributed by atoms with Crippen molar-refractivity contribution in [2.75, 3.05) is 19.8 Å². The normalized spacial score (nSPS) is 54.2. The molecule has 6 fully saturated rings. The fourth-order valence-electron chi connectivity index (χ4n) is 11.6. The molecule has 16 nitrogen and oxygen atoms in total. The van der Waals surface area contributed by atoms with Crippen molar-refractivity contribution < 1.29 is 79.5 Å². The largest absolute Gasteiger partial charge is 0.394 e. The molecule has 0 aromatic rings. The minimum atomic E-state index is -1.75. The van der Waals surface area contributed by atoms with Crippen LogP contribution in [0.4, 0.5) is 0 Å². The molecule has 4 aliphatic carbocycles. The Kier molecular flexibility index (Phi) is 12.3. The highest BCUT2D eigenvalue weighted by molar-refractivity contribution is 5.25. The zero-order valence-corrected chi connectivity index (χ0v) is 31.3. The van der Waals surface area contributed by atoms with Crippen molar-refractivity contribution in [3.63, 3.8) is 0 Å². The van der Waals surface area contributed by atoms with Gasteiger partial charge in [0, 0.05) is 0 Å². The van der Waals surface area contributed by atoms with Crippen molar-refractivity contribution in [1.82, 2.24) is 0 Å². The van der Waals surface area contributed by atoms with Gasteiger partial charge < -0.3 is 79.5 Å². The molecular weight excluding hydrogens is 712 g/mol. The van der Waals surface area contributed by atoms with E-state index in [-0.39, 0.29) is 29.5 Å². The summed E-state index contributed by atoms with van der Waals surface area (Å²) in [7, 11) is 0. The molecule has 3 saturated heterocycles. The van der Waals surface area contributed by atoms with Crippen molar-refractivity contribution in [3.05, 3.63) is 11.6 Å². The van der Waals surface area contributed by atoms with Gasteiger partial charge in [-0.1, -0.05) is 25.5 Å². The molecule has 0 aromatic carbocycles. The molecule has 22 unspecified atom stereocenters. The molecule has 0 spiro atoms. The Morgan fingerprint density at radius 1 is 0.722 bits per heavy atom. The van der Waals surface area contributed by atoms with Crippen LogP contribution in [0.5, 0.6) is 0 Å². The summed E-state index contributed by atoms with van der Waals surface area (Å²) >= 11 is 0. The quantitative estimate of drug-likeness (QED) is 0.119. The molecule has 16 heteroatoms. The summed E-state index contributed by atoms with van der Waals surface area (Å²) in [5, 5.41) is 103. The van der Waals surface area contributed by atoms with E-state index in [1.54, 1.807) is 0 Å². The number of hydrogen-bond acceptors (Lipinski definition) is 16. The number of rotatable bonds is 9. The first-order chi connectivity index (χ1) is 25.6. The lowest BCUT2D eigenvalue weighted by Crippen LogP contribution is -2.65. The van der Waals surface area contributed by atoms with E-state index in [1.807, 2.05) is 6.92 Å². The number of ether oxygens (including phenoxy) is 6. The highest BCUT2D eigenvalue weighted by atomic mass is 16.8. The van der Waals surface area contributed by atoms with Crippen LogP contribution < -0.4 is 0 Å². The van der Waals surface area contributed by atoms with Crippen molar-refractivity contribution in [3.8, 4) is 0 Å². The minimum absolute atomic E-state index is 0.00719. The molecule has 0 radical (unpaired) electrons. The maximum absolute atomic E-state index is 11.2. The zero-order chi connectivity index (χ0) is 38.9. The number of allylic oxidation sites excluding steroid dienone is 1. The number of hydrogen-bond donors (Lipinski definition) is 10. The predicted molar refractivity (Wildman–Crippen MR) is 185 cm³/mol. The van der Waals surface area contributed by atoms with Crippen molar-refractivity contribution >= 4 is 0 Å². The van der Waals surface area contributed by atoms with Gasteiger partial charge in [0.2, 0.25) is 0 Å². The number of fused-ring (bicyclic) bond motifs is 5. The van der Waals surface area contributed by atoms with Crippen molar-refractivity contribution in [1.29, 1.82) is 0 Å². The summed E-state index contributed by atoms with van der Waals surface area (Å²) < 4.78 is 35.7. The molecule has 22 atom stereocenters. The number of aliphatic hydroxyl groups is 10. The second-order valence-corrected chi connectivity index (χ2v) is 17.6. The Hall–Kier alpha value is -0.900. The lowest BCUT2D eigenvalue weighted by molar-refractivity contribution is -0.373. The van der Waals surface area contributed by atoms with Crippen LogP contribution in [0.2, 0.25) is 0 Å². The van der Waals surface area contributed by atoms with E-state index >= 15 is 0 Å². The van der Waals surface area contributed by atoms with Gasteiger partial charge in [-0.15, -0.1) is 0 Å². The summed E-state index contributed by atoms with van der Waals surface area (Å²) in [4.78, 5) is 0. The molecule has 10 N–H and O–H groups in total. The highest BCUT2D eigenvalue weighted by Crippen LogP contribution is 2.67. The lowest BCUT2D eigenvalue weighted by atomic mass is 9.47. The Morgan fingerprint density at radius 2 is 1.39 bits per heavy atom. The highest BCUT2D eigenvalue weighted by Gasteiger charge is 2.60. The third kappa shape index (κ3) is 7.13. The average molecular weight is 775 g/mol. The smallest absolute Gasteiger partial charge is 0.187 e. The monoisotopic (exact) mass is 774 g/mol. The van der Waals surface area contributed by atoms with Crippen LogP contribution in [0, 0.1) is 34.5 Å². The van der Waals surface area contributed by atoms with Crippen LogP contribution in [0.3, 0.4) is 0 Å². The molecule has 0 aromatic heterocycles. The van der Waals surface area contributed by atoms with E-state index in [0.717, 1.165) is 51.4 Å². The van der Waals surface area contributed by atoms with Crippen LogP contribution in [-0.4, -0.2) is 169 Å². The van der Waals surface area contributed by atoms with E-state index in [2.05, 4.69) is 19.9 Å². The SMILES string of the molecule is CC(OC1OC(CO)C(O)C(O)C1OC1OC(CO)C(O)C(O)C1O)C1CCC2C3CC=C4CC(OC5OCC(O)C(O)C5O)CCC4(C)C3CCC12C. The van der Waals surface area contributed by atoms with Gasteiger partial charge >= 0.3 is 0 Å². The second kappa shape index (κ2) is 16.0. The lowest BCUT2D eigenvalue weighted by Gasteiger charge is -2.58. The molecule has 3 saturated carbocycles. The Morgan fingerprint density at radius 3 is 2.09 bits per heavy atom. The molecule has 7 rings (SSSR count). The van der Waals surface area contributed by atoms with Gasteiger partial charge in [-0.3, -0.25) is 0 Å². The Labute approximate surface area is 315 Å². The third-order valence-electron chi connectivity index (χ3n) is 14.8.